The van der Waals surface area contributed by atoms with Crippen molar-refractivity contribution in [3.63, 3.8) is 0 Å². The summed E-state index contributed by atoms with van der Waals surface area (Å²) >= 11 is 3.45. The first-order valence-corrected chi connectivity index (χ1v) is 5.65. The molecule has 2 rings (SSSR count). The number of allylic oxidation sites excluding steroid dienone is 1. The van der Waals surface area contributed by atoms with Gasteiger partial charge in [-0.05, 0) is 37.0 Å². The van der Waals surface area contributed by atoms with Gasteiger partial charge in [-0.1, -0.05) is 39.7 Å². The molecule has 0 spiro atoms. The average molecular weight is 253 g/mol. The van der Waals surface area contributed by atoms with Gasteiger partial charge in [-0.25, -0.2) is 0 Å². The number of rotatable bonds is 2. The van der Waals surface area contributed by atoms with Gasteiger partial charge in [0, 0.05) is 4.47 Å². The van der Waals surface area contributed by atoms with Crippen LogP contribution in [0.25, 0.3) is 0 Å². The third-order valence-electron chi connectivity index (χ3n) is 2.51. The molecule has 1 aromatic rings. The summed E-state index contributed by atoms with van der Waals surface area (Å²) in [5.74, 6) is 0. The molecule has 2 heteroatoms. The van der Waals surface area contributed by atoms with E-state index < -0.39 is 0 Å². The van der Waals surface area contributed by atoms with Crippen molar-refractivity contribution in [2.24, 2.45) is 0 Å². The highest BCUT2D eigenvalue weighted by atomic mass is 79.9. The van der Waals surface area contributed by atoms with E-state index in [9.17, 15) is 5.11 Å². The van der Waals surface area contributed by atoms with Crippen LogP contribution in [0, 0.1) is 0 Å². The van der Waals surface area contributed by atoms with Crippen molar-refractivity contribution in [1.82, 2.24) is 0 Å². The molecule has 1 unspecified atom stereocenters. The van der Waals surface area contributed by atoms with E-state index in [1.807, 2.05) is 18.2 Å². The zero-order chi connectivity index (χ0) is 9.97. The first kappa shape index (κ1) is 9.94. The molecular formula is C12H13BrO. The molecule has 0 heterocycles. The Kier molecular flexibility index (Phi) is 3.04. The minimum Gasteiger partial charge on any atom is -0.389 e. The van der Waals surface area contributed by atoms with Crippen LogP contribution < -0.4 is 0 Å². The quantitative estimate of drug-likeness (QED) is 0.803. The lowest BCUT2D eigenvalue weighted by molar-refractivity contribution is 0.223. The summed E-state index contributed by atoms with van der Waals surface area (Å²) in [6, 6.07) is 8.33. The molecule has 1 aliphatic carbocycles. The number of hydrogen-bond acceptors (Lipinski definition) is 1. The Labute approximate surface area is 92.6 Å². The third-order valence-corrected chi connectivity index (χ3v) is 3.00. The van der Waals surface area contributed by atoms with E-state index in [0.29, 0.717) is 0 Å². The van der Waals surface area contributed by atoms with Crippen molar-refractivity contribution in [2.45, 2.75) is 25.4 Å². The van der Waals surface area contributed by atoms with Gasteiger partial charge in [0.15, 0.2) is 0 Å². The minimum atomic E-state index is -0.211. The third kappa shape index (κ3) is 2.46. The SMILES string of the molecule is OC1C=C(Cc2cccc(Br)c2)CC1. The highest BCUT2D eigenvalue weighted by Crippen LogP contribution is 2.23. The van der Waals surface area contributed by atoms with Crippen LogP contribution in [0.1, 0.15) is 18.4 Å². The molecular weight excluding hydrogens is 240 g/mol. The van der Waals surface area contributed by atoms with Crippen molar-refractivity contribution in [2.75, 3.05) is 0 Å². The van der Waals surface area contributed by atoms with Crippen LogP contribution in [0.5, 0.6) is 0 Å². The predicted molar refractivity (Wildman–Crippen MR) is 61.2 cm³/mol. The molecule has 1 nitrogen and oxygen atoms in total. The topological polar surface area (TPSA) is 20.2 Å². The van der Waals surface area contributed by atoms with Gasteiger partial charge in [0.1, 0.15) is 0 Å². The summed E-state index contributed by atoms with van der Waals surface area (Å²) in [6.07, 6.45) is 4.67. The highest BCUT2D eigenvalue weighted by Gasteiger charge is 2.12. The predicted octanol–water partition coefficient (Wildman–Crippen LogP) is 3.07. The summed E-state index contributed by atoms with van der Waals surface area (Å²) < 4.78 is 1.12. The van der Waals surface area contributed by atoms with Crippen LogP contribution in [-0.4, -0.2) is 11.2 Å². The highest BCUT2D eigenvalue weighted by molar-refractivity contribution is 9.10. The summed E-state index contributed by atoms with van der Waals surface area (Å²) in [5.41, 5.74) is 2.66. The van der Waals surface area contributed by atoms with Crippen molar-refractivity contribution >= 4 is 15.9 Å². The Balaban J connectivity index is 2.08. The monoisotopic (exact) mass is 252 g/mol. The van der Waals surface area contributed by atoms with E-state index in [1.54, 1.807) is 0 Å². The van der Waals surface area contributed by atoms with Gasteiger partial charge in [0.25, 0.3) is 0 Å². The van der Waals surface area contributed by atoms with Crippen molar-refractivity contribution in [3.8, 4) is 0 Å². The summed E-state index contributed by atoms with van der Waals surface area (Å²) in [4.78, 5) is 0. The Morgan fingerprint density at radius 3 is 2.93 bits per heavy atom. The van der Waals surface area contributed by atoms with Crippen LogP contribution in [0.4, 0.5) is 0 Å². The van der Waals surface area contributed by atoms with Crippen LogP contribution in [-0.2, 0) is 6.42 Å². The van der Waals surface area contributed by atoms with Gasteiger partial charge in [-0.2, -0.15) is 0 Å². The van der Waals surface area contributed by atoms with Gasteiger partial charge >= 0.3 is 0 Å². The maximum atomic E-state index is 9.35. The zero-order valence-corrected chi connectivity index (χ0v) is 9.50. The summed E-state index contributed by atoms with van der Waals surface area (Å²) in [5, 5.41) is 9.35. The Morgan fingerprint density at radius 1 is 1.43 bits per heavy atom. The zero-order valence-electron chi connectivity index (χ0n) is 7.91. The van der Waals surface area contributed by atoms with Gasteiger partial charge in [-0.15, -0.1) is 0 Å². The standard InChI is InChI=1S/C12H13BrO/c13-11-3-1-2-9(7-11)6-10-4-5-12(14)8-10/h1-3,7-8,12,14H,4-6H2. The number of benzene rings is 1. The van der Waals surface area contributed by atoms with Crippen LogP contribution >= 0.6 is 15.9 Å². The lowest BCUT2D eigenvalue weighted by Gasteiger charge is -2.02. The van der Waals surface area contributed by atoms with Crippen molar-refractivity contribution < 1.29 is 5.11 Å². The van der Waals surface area contributed by atoms with Crippen molar-refractivity contribution in [1.29, 1.82) is 0 Å². The molecule has 14 heavy (non-hydrogen) atoms. The van der Waals surface area contributed by atoms with E-state index >= 15 is 0 Å². The lowest BCUT2D eigenvalue weighted by Crippen LogP contribution is -1.93. The van der Waals surface area contributed by atoms with Gasteiger partial charge in [0.2, 0.25) is 0 Å². The second kappa shape index (κ2) is 4.28. The molecule has 0 aliphatic heterocycles. The fourth-order valence-corrected chi connectivity index (χ4v) is 2.28. The first-order valence-electron chi connectivity index (χ1n) is 4.86. The van der Waals surface area contributed by atoms with E-state index in [0.717, 1.165) is 23.7 Å². The minimum absolute atomic E-state index is 0.211. The average Bonchev–Trinajstić information content (AvgIpc) is 2.51. The molecule has 1 aromatic carbocycles. The summed E-state index contributed by atoms with van der Waals surface area (Å²) in [7, 11) is 0. The van der Waals surface area contributed by atoms with E-state index in [1.165, 1.54) is 11.1 Å². The first-order chi connectivity index (χ1) is 6.74. The second-order valence-corrected chi connectivity index (χ2v) is 4.65. The largest absolute Gasteiger partial charge is 0.389 e. The number of hydrogen-bond donors (Lipinski definition) is 1. The Hall–Kier alpha value is -0.600. The second-order valence-electron chi connectivity index (χ2n) is 3.74. The molecule has 0 bridgehead atoms. The molecule has 1 atom stereocenters. The molecule has 0 radical (unpaired) electrons. The van der Waals surface area contributed by atoms with Gasteiger partial charge in [-0.3, -0.25) is 0 Å². The number of halogens is 1. The van der Waals surface area contributed by atoms with Gasteiger partial charge < -0.3 is 5.11 Å². The molecule has 74 valence electrons. The van der Waals surface area contributed by atoms with Crippen LogP contribution in [0.3, 0.4) is 0 Å². The Bertz CT molecular complexity index is 357. The number of aliphatic hydroxyl groups is 1. The van der Waals surface area contributed by atoms with E-state index in [4.69, 9.17) is 0 Å². The fourth-order valence-electron chi connectivity index (χ4n) is 1.83. The van der Waals surface area contributed by atoms with Crippen LogP contribution in [0.15, 0.2) is 40.4 Å². The number of aliphatic hydroxyl groups excluding tert-OH is 1. The maximum Gasteiger partial charge on any atom is 0.0726 e. The van der Waals surface area contributed by atoms with E-state index in [2.05, 4.69) is 28.1 Å². The van der Waals surface area contributed by atoms with Crippen molar-refractivity contribution in [3.05, 3.63) is 46.0 Å². The fraction of sp³-hybridized carbons (Fsp3) is 0.333. The molecule has 1 aliphatic rings. The molecule has 0 saturated carbocycles. The normalized spacial score (nSPS) is 21.0. The Morgan fingerprint density at radius 2 is 2.29 bits per heavy atom. The molecule has 0 saturated heterocycles. The molecule has 0 fully saturated rings. The molecule has 1 N–H and O–H groups in total. The lowest BCUT2D eigenvalue weighted by atomic mass is 10.1. The van der Waals surface area contributed by atoms with E-state index in [-0.39, 0.29) is 6.10 Å². The van der Waals surface area contributed by atoms with Gasteiger partial charge in [0.05, 0.1) is 6.10 Å². The van der Waals surface area contributed by atoms with Crippen LogP contribution in [0.2, 0.25) is 0 Å². The maximum absolute atomic E-state index is 9.35. The molecule has 0 aromatic heterocycles. The smallest absolute Gasteiger partial charge is 0.0726 e. The summed E-state index contributed by atoms with van der Waals surface area (Å²) in [6.45, 7) is 0. The molecule has 0 amide bonds.